The molecule has 0 aromatic carbocycles. The molecule has 1 aliphatic heterocycles. The quantitative estimate of drug-likeness (QED) is 0.776. The summed E-state index contributed by atoms with van der Waals surface area (Å²) in [5, 5.41) is 0. The average Bonchev–Trinajstić information content (AvgIpc) is 2.46. The maximum Gasteiger partial charge on any atom is 0.574 e. The number of aromatic nitrogens is 2. The molecule has 0 bridgehead atoms. The highest BCUT2D eigenvalue weighted by Gasteiger charge is 2.53. The summed E-state index contributed by atoms with van der Waals surface area (Å²) in [7, 11) is -1.02. The molecule has 1 fully saturated rings. The second kappa shape index (κ2) is 4.59. The molecule has 1 saturated heterocycles. The van der Waals surface area contributed by atoms with E-state index in [2.05, 4.69) is 14.7 Å². The van der Waals surface area contributed by atoms with Gasteiger partial charge in [0.05, 0.1) is 16.7 Å². The fourth-order valence-electron chi connectivity index (χ4n) is 1.66. The third-order valence-electron chi connectivity index (χ3n) is 3.42. The van der Waals surface area contributed by atoms with Gasteiger partial charge in [0, 0.05) is 6.20 Å². The van der Waals surface area contributed by atoms with Crippen LogP contribution < -0.4 is 10.2 Å². The molecule has 1 aliphatic rings. The second-order valence-corrected chi connectivity index (χ2v) is 5.42. The maximum atomic E-state index is 12.3. The zero-order valence-corrected chi connectivity index (χ0v) is 11.5. The van der Waals surface area contributed by atoms with Crippen molar-refractivity contribution in [2.75, 3.05) is 0 Å². The molecule has 1 aromatic heterocycles. The largest absolute Gasteiger partial charge is 0.574 e. The Morgan fingerprint density at radius 2 is 1.70 bits per heavy atom. The van der Waals surface area contributed by atoms with Gasteiger partial charge < -0.3 is 14.0 Å². The summed E-state index contributed by atoms with van der Waals surface area (Å²) in [5.74, 6) is -0.619. The highest BCUT2D eigenvalue weighted by Crippen LogP contribution is 2.37. The first-order chi connectivity index (χ1) is 9.02. The molecular formula is C11H14BF3N2O3. The van der Waals surface area contributed by atoms with Crippen LogP contribution >= 0.6 is 0 Å². The Balaban J connectivity index is 2.31. The van der Waals surface area contributed by atoms with E-state index in [0.717, 1.165) is 6.33 Å². The number of ether oxygens (including phenoxy) is 1. The van der Waals surface area contributed by atoms with Crippen molar-refractivity contribution < 1.29 is 27.2 Å². The molecule has 0 atom stereocenters. The summed E-state index contributed by atoms with van der Waals surface area (Å²) in [4.78, 5) is 7.19. The summed E-state index contributed by atoms with van der Waals surface area (Å²) >= 11 is 0. The molecule has 9 heteroatoms. The van der Waals surface area contributed by atoms with Crippen LogP contribution in [0.25, 0.3) is 0 Å². The van der Waals surface area contributed by atoms with Crippen LogP contribution in [0.1, 0.15) is 27.7 Å². The molecule has 1 aromatic rings. The van der Waals surface area contributed by atoms with Gasteiger partial charge in [0.15, 0.2) is 0 Å². The van der Waals surface area contributed by atoms with E-state index in [-0.39, 0.29) is 5.46 Å². The fraction of sp³-hybridized carbons (Fsp3) is 0.636. The lowest BCUT2D eigenvalue weighted by Gasteiger charge is -2.32. The molecule has 20 heavy (non-hydrogen) atoms. The summed E-state index contributed by atoms with van der Waals surface area (Å²) in [6, 6.07) is 0. The van der Waals surface area contributed by atoms with Crippen LogP contribution in [0, 0.1) is 0 Å². The lowest BCUT2D eigenvalue weighted by molar-refractivity contribution is -0.275. The van der Waals surface area contributed by atoms with Gasteiger partial charge in [0.2, 0.25) is 5.88 Å². The fourth-order valence-corrected chi connectivity index (χ4v) is 1.66. The molecule has 0 saturated carbocycles. The van der Waals surface area contributed by atoms with Gasteiger partial charge >= 0.3 is 13.5 Å². The van der Waals surface area contributed by atoms with Crippen molar-refractivity contribution in [2.24, 2.45) is 0 Å². The third-order valence-corrected chi connectivity index (χ3v) is 3.42. The molecule has 2 rings (SSSR count). The molecule has 0 amide bonds. The highest BCUT2D eigenvalue weighted by molar-refractivity contribution is 6.62. The predicted octanol–water partition coefficient (Wildman–Crippen LogP) is 1.67. The third kappa shape index (κ3) is 2.88. The minimum absolute atomic E-state index is 0.00322. The van der Waals surface area contributed by atoms with Crippen molar-refractivity contribution >= 4 is 12.6 Å². The first-order valence-corrected chi connectivity index (χ1v) is 5.93. The zero-order valence-electron chi connectivity index (χ0n) is 11.5. The molecule has 110 valence electrons. The van der Waals surface area contributed by atoms with Crippen molar-refractivity contribution in [3.63, 3.8) is 0 Å². The Morgan fingerprint density at radius 3 is 2.20 bits per heavy atom. The van der Waals surface area contributed by atoms with E-state index in [1.165, 1.54) is 6.20 Å². The van der Waals surface area contributed by atoms with E-state index in [1.54, 1.807) is 27.7 Å². The molecule has 0 aliphatic carbocycles. The van der Waals surface area contributed by atoms with Crippen molar-refractivity contribution in [3.8, 4) is 5.88 Å². The summed E-state index contributed by atoms with van der Waals surface area (Å²) in [6.45, 7) is 7.17. The number of rotatable bonds is 2. The van der Waals surface area contributed by atoms with Crippen molar-refractivity contribution in [3.05, 3.63) is 12.5 Å². The van der Waals surface area contributed by atoms with Crippen LogP contribution in [0.5, 0.6) is 5.88 Å². The standard InChI is InChI=1S/C11H14BF3N2O3/c1-9(2)10(3,4)20-12(19-9)7-5-16-6-17-8(7)18-11(13,14)15/h5-6H,1-4H3. The van der Waals surface area contributed by atoms with Crippen LogP contribution in [0.4, 0.5) is 13.2 Å². The molecule has 5 nitrogen and oxygen atoms in total. The lowest BCUT2D eigenvalue weighted by atomic mass is 9.81. The molecule has 0 N–H and O–H groups in total. The number of halogens is 3. The van der Waals surface area contributed by atoms with Gasteiger partial charge in [-0.25, -0.2) is 9.97 Å². The number of nitrogens with zero attached hydrogens (tertiary/aromatic N) is 2. The molecule has 2 heterocycles. The zero-order chi connectivity index (χ0) is 15.2. The SMILES string of the molecule is CC1(C)OB(c2cncnc2OC(F)(F)F)OC1(C)C. The van der Waals surface area contributed by atoms with Crippen molar-refractivity contribution in [2.45, 2.75) is 45.3 Å². The van der Waals surface area contributed by atoms with Crippen LogP contribution in [0.3, 0.4) is 0 Å². The van der Waals surface area contributed by atoms with Crippen LogP contribution in [0.2, 0.25) is 0 Å². The van der Waals surface area contributed by atoms with E-state index in [9.17, 15) is 13.2 Å². The van der Waals surface area contributed by atoms with Gasteiger partial charge in [-0.05, 0) is 27.7 Å². The number of alkyl halides is 3. The van der Waals surface area contributed by atoms with Crippen LogP contribution in [-0.2, 0) is 9.31 Å². The lowest BCUT2D eigenvalue weighted by Crippen LogP contribution is -2.41. The topological polar surface area (TPSA) is 53.5 Å². The van der Waals surface area contributed by atoms with E-state index in [1.807, 2.05) is 0 Å². The molecular weight excluding hydrogens is 276 g/mol. The van der Waals surface area contributed by atoms with E-state index in [0.29, 0.717) is 0 Å². The van der Waals surface area contributed by atoms with Gasteiger partial charge in [-0.2, -0.15) is 0 Å². The summed E-state index contributed by atoms with van der Waals surface area (Å²) in [5.41, 5.74) is -1.35. The Hall–Kier alpha value is -1.35. The minimum Gasteiger partial charge on any atom is -0.399 e. The average molecular weight is 290 g/mol. The Bertz CT molecular complexity index is 492. The monoisotopic (exact) mass is 290 g/mol. The van der Waals surface area contributed by atoms with Crippen LogP contribution in [-0.4, -0.2) is 34.7 Å². The molecule has 0 unspecified atom stereocenters. The summed E-state index contributed by atoms with van der Waals surface area (Å²) in [6.07, 6.45) is -2.68. The normalized spacial score (nSPS) is 21.1. The smallest absolute Gasteiger partial charge is 0.399 e. The number of hydrogen-bond donors (Lipinski definition) is 0. The molecule has 0 radical (unpaired) electrons. The van der Waals surface area contributed by atoms with Gasteiger partial charge in [-0.15, -0.1) is 13.2 Å². The van der Waals surface area contributed by atoms with Gasteiger partial charge in [0.25, 0.3) is 0 Å². The minimum atomic E-state index is -4.84. The van der Waals surface area contributed by atoms with Gasteiger partial charge in [-0.1, -0.05) is 0 Å². The van der Waals surface area contributed by atoms with Crippen molar-refractivity contribution in [1.82, 2.24) is 9.97 Å². The van der Waals surface area contributed by atoms with Crippen molar-refractivity contribution in [1.29, 1.82) is 0 Å². The Kier molecular flexibility index (Phi) is 3.46. The molecule has 0 spiro atoms. The summed E-state index contributed by atoms with van der Waals surface area (Å²) < 4.78 is 52.2. The van der Waals surface area contributed by atoms with Crippen LogP contribution in [0.15, 0.2) is 12.5 Å². The Labute approximate surface area is 114 Å². The Morgan fingerprint density at radius 1 is 1.15 bits per heavy atom. The second-order valence-electron chi connectivity index (χ2n) is 5.42. The van der Waals surface area contributed by atoms with E-state index < -0.39 is 30.6 Å². The highest BCUT2D eigenvalue weighted by atomic mass is 19.4. The van der Waals surface area contributed by atoms with E-state index in [4.69, 9.17) is 9.31 Å². The number of hydrogen-bond acceptors (Lipinski definition) is 5. The van der Waals surface area contributed by atoms with Gasteiger partial charge in [-0.3, -0.25) is 0 Å². The first kappa shape index (κ1) is 15.1. The predicted molar refractivity (Wildman–Crippen MR) is 64.4 cm³/mol. The van der Waals surface area contributed by atoms with E-state index >= 15 is 0 Å². The first-order valence-electron chi connectivity index (χ1n) is 5.93. The maximum absolute atomic E-state index is 12.3. The van der Waals surface area contributed by atoms with Gasteiger partial charge in [0.1, 0.15) is 6.33 Å².